The van der Waals surface area contributed by atoms with Crippen LogP contribution in [0.2, 0.25) is 0 Å². The second-order valence-electron chi connectivity index (χ2n) is 6.95. The molecule has 0 atom stereocenters. The Hall–Kier alpha value is -1.84. The van der Waals surface area contributed by atoms with E-state index in [0.717, 1.165) is 63.4 Å². The minimum Gasteiger partial charge on any atom is -0.357 e. The van der Waals surface area contributed by atoms with Crippen LogP contribution in [-0.4, -0.2) is 55.9 Å². The van der Waals surface area contributed by atoms with Crippen molar-refractivity contribution in [2.24, 2.45) is 4.99 Å². The highest BCUT2D eigenvalue weighted by Gasteiger charge is 2.15. The van der Waals surface area contributed by atoms with Crippen LogP contribution in [0.15, 0.2) is 29.3 Å². The first-order valence-electron chi connectivity index (χ1n) is 10.2. The van der Waals surface area contributed by atoms with Gasteiger partial charge in [0.15, 0.2) is 5.96 Å². The molecular weight excluding hydrogens is 481 g/mol. The molecule has 2 amide bonds. The monoisotopic (exact) mass is 515 g/mol. The number of hydrogen-bond acceptors (Lipinski definition) is 3. The molecule has 0 bridgehead atoms. The van der Waals surface area contributed by atoms with Crippen molar-refractivity contribution in [1.82, 2.24) is 20.9 Å². The van der Waals surface area contributed by atoms with E-state index in [1.165, 1.54) is 0 Å². The fraction of sp³-hybridized carbons (Fsp3) is 0.571. The molecule has 1 aliphatic heterocycles. The van der Waals surface area contributed by atoms with Crippen molar-refractivity contribution in [3.8, 4) is 0 Å². The molecule has 1 aromatic carbocycles. The molecule has 0 saturated carbocycles. The van der Waals surface area contributed by atoms with Crippen LogP contribution in [0.1, 0.15) is 54.9 Å². The molecule has 0 unspecified atom stereocenters. The van der Waals surface area contributed by atoms with Gasteiger partial charge in [0.05, 0.1) is 6.54 Å². The van der Waals surface area contributed by atoms with E-state index >= 15 is 0 Å². The average molecular weight is 515 g/mol. The van der Waals surface area contributed by atoms with Gasteiger partial charge < -0.3 is 20.9 Å². The summed E-state index contributed by atoms with van der Waals surface area (Å²) < 4.78 is 0. The van der Waals surface area contributed by atoms with E-state index in [-0.39, 0.29) is 35.8 Å². The van der Waals surface area contributed by atoms with Gasteiger partial charge in [0.2, 0.25) is 5.91 Å². The summed E-state index contributed by atoms with van der Waals surface area (Å²) in [5.41, 5.74) is 1.61. The van der Waals surface area contributed by atoms with Gasteiger partial charge in [0, 0.05) is 45.2 Å². The highest BCUT2D eigenvalue weighted by molar-refractivity contribution is 14.0. The van der Waals surface area contributed by atoms with Crippen LogP contribution >= 0.6 is 24.0 Å². The number of nitrogens with one attached hydrogen (secondary N) is 3. The summed E-state index contributed by atoms with van der Waals surface area (Å²) in [6.07, 6.45) is 4.86. The minimum atomic E-state index is -0.0982. The van der Waals surface area contributed by atoms with Crippen molar-refractivity contribution in [3.63, 3.8) is 0 Å². The zero-order valence-electron chi connectivity index (χ0n) is 17.5. The zero-order valence-corrected chi connectivity index (χ0v) is 19.8. The number of rotatable bonds is 8. The van der Waals surface area contributed by atoms with E-state index in [0.29, 0.717) is 18.5 Å². The van der Waals surface area contributed by atoms with E-state index < -0.39 is 0 Å². The summed E-state index contributed by atoms with van der Waals surface area (Å²) in [6, 6.07) is 7.48. The van der Waals surface area contributed by atoms with E-state index in [9.17, 15) is 9.59 Å². The quantitative estimate of drug-likeness (QED) is 0.215. The topological polar surface area (TPSA) is 85.8 Å². The predicted molar refractivity (Wildman–Crippen MR) is 128 cm³/mol. The number of hydrogen-bond donors (Lipinski definition) is 3. The summed E-state index contributed by atoms with van der Waals surface area (Å²) in [6.45, 7) is 5.72. The van der Waals surface area contributed by atoms with Gasteiger partial charge in [-0.3, -0.25) is 9.59 Å². The van der Waals surface area contributed by atoms with E-state index in [2.05, 4.69) is 20.9 Å². The van der Waals surface area contributed by atoms with Crippen molar-refractivity contribution in [3.05, 3.63) is 35.4 Å². The maximum atomic E-state index is 12.0. The molecule has 1 aliphatic rings. The summed E-state index contributed by atoms with van der Waals surface area (Å²) >= 11 is 0. The maximum absolute atomic E-state index is 12.0. The molecule has 2 rings (SSSR count). The van der Waals surface area contributed by atoms with Crippen molar-refractivity contribution in [1.29, 1.82) is 0 Å². The fourth-order valence-corrected chi connectivity index (χ4v) is 3.22. The zero-order chi connectivity index (χ0) is 20.2. The van der Waals surface area contributed by atoms with E-state index in [1.807, 2.05) is 30.0 Å². The van der Waals surface area contributed by atoms with Crippen LogP contribution in [0.25, 0.3) is 0 Å². The van der Waals surface area contributed by atoms with Gasteiger partial charge in [-0.05, 0) is 43.9 Å². The fourth-order valence-electron chi connectivity index (χ4n) is 3.22. The highest BCUT2D eigenvalue weighted by atomic mass is 127. The first-order valence-corrected chi connectivity index (χ1v) is 10.2. The molecule has 0 aromatic heterocycles. The lowest BCUT2D eigenvalue weighted by Crippen LogP contribution is -2.39. The molecule has 0 aliphatic carbocycles. The normalized spacial score (nSPS) is 14.6. The van der Waals surface area contributed by atoms with Crippen LogP contribution in [-0.2, 0) is 11.3 Å². The minimum absolute atomic E-state index is 0. The largest absolute Gasteiger partial charge is 0.357 e. The van der Waals surface area contributed by atoms with Gasteiger partial charge in [-0.15, -0.1) is 24.0 Å². The summed E-state index contributed by atoms with van der Waals surface area (Å²) in [7, 11) is 1.62. The lowest BCUT2D eigenvalue weighted by molar-refractivity contribution is -0.130. The molecule has 3 N–H and O–H groups in total. The molecule has 1 fully saturated rings. The Balaban J connectivity index is 0.00000420. The van der Waals surface area contributed by atoms with E-state index in [4.69, 9.17) is 0 Å². The number of carbonyl (C=O) groups excluding carboxylic acids is 2. The Labute approximate surface area is 191 Å². The molecule has 29 heavy (non-hydrogen) atoms. The van der Waals surface area contributed by atoms with Gasteiger partial charge in [-0.2, -0.15) is 0 Å². The van der Waals surface area contributed by atoms with Crippen LogP contribution in [0.5, 0.6) is 0 Å². The van der Waals surface area contributed by atoms with E-state index in [1.54, 1.807) is 13.1 Å². The molecule has 8 heteroatoms. The molecule has 0 spiro atoms. The number of carbonyl (C=O) groups is 2. The SMILES string of the molecule is CCNC(=NCc1cccc(C(=O)NC)c1)NCCCN1CCCCCC1=O.I. The molecule has 0 radical (unpaired) electrons. The number of likely N-dealkylation sites (tertiary alicyclic amines) is 1. The third-order valence-corrected chi connectivity index (χ3v) is 4.75. The van der Waals surface area contributed by atoms with Crippen LogP contribution in [0.3, 0.4) is 0 Å². The molecule has 7 nitrogen and oxygen atoms in total. The summed E-state index contributed by atoms with van der Waals surface area (Å²) in [4.78, 5) is 30.4. The molecule has 1 heterocycles. The van der Waals surface area contributed by atoms with Crippen molar-refractivity contribution >= 4 is 41.8 Å². The third-order valence-electron chi connectivity index (χ3n) is 4.75. The summed E-state index contributed by atoms with van der Waals surface area (Å²) in [5.74, 6) is 0.933. The Morgan fingerprint density at radius 3 is 2.79 bits per heavy atom. The van der Waals surface area contributed by atoms with Crippen LogP contribution in [0, 0.1) is 0 Å². The van der Waals surface area contributed by atoms with Crippen molar-refractivity contribution in [2.75, 3.05) is 33.2 Å². The number of guanidine groups is 1. The number of halogens is 1. The number of amides is 2. The molecule has 162 valence electrons. The average Bonchev–Trinajstić information content (AvgIpc) is 2.92. The highest BCUT2D eigenvalue weighted by Crippen LogP contribution is 2.11. The first kappa shape index (κ1) is 25.2. The van der Waals surface area contributed by atoms with Crippen molar-refractivity contribution in [2.45, 2.75) is 45.6 Å². The van der Waals surface area contributed by atoms with Gasteiger partial charge in [-0.1, -0.05) is 18.6 Å². The van der Waals surface area contributed by atoms with Gasteiger partial charge in [-0.25, -0.2) is 4.99 Å². The smallest absolute Gasteiger partial charge is 0.251 e. The number of aliphatic imine (C=N–C) groups is 1. The predicted octanol–water partition coefficient (Wildman–Crippen LogP) is 2.51. The molecule has 1 saturated heterocycles. The summed E-state index contributed by atoms with van der Waals surface area (Å²) in [5, 5.41) is 9.20. The Kier molecular flexibility index (Phi) is 12.3. The number of nitrogens with zero attached hydrogens (tertiary/aromatic N) is 2. The standard InChI is InChI=1S/C21H33N5O2.HI/c1-3-23-21(24-12-8-14-26-13-6-4-5-11-19(26)27)25-16-17-9-7-10-18(15-17)20(28)22-2;/h7,9-10,15H,3-6,8,11-14,16H2,1-2H3,(H,22,28)(H2,23,24,25);1H. The lowest BCUT2D eigenvalue weighted by atomic mass is 10.1. The van der Waals surface area contributed by atoms with Gasteiger partial charge in [0.1, 0.15) is 0 Å². The second kappa shape index (κ2) is 14.2. The third kappa shape index (κ3) is 9.01. The second-order valence-corrected chi connectivity index (χ2v) is 6.95. The van der Waals surface area contributed by atoms with Crippen LogP contribution < -0.4 is 16.0 Å². The number of benzene rings is 1. The first-order chi connectivity index (χ1) is 13.6. The molecular formula is C21H34IN5O2. The lowest BCUT2D eigenvalue weighted by Gasteiger charge is -2.20. The Morgan fingerprint density at radius 2 is 2.03 bits per heavy atom. The van der Waals surface area contributed by atoms with Crippen molar-refractivity contribution < 1.29 is 9.59 Å². The maximum Gasteiger partial charge on any atom is 0.251 e. The van der Waals surface area contributed by atoms with Gasteiger partial charge >= 0.3 is 0 Å². The molecule has 1 aromatic rings. The van der Waals surface area contributed by atoms with Gasteiger partial charge in [0.25, 0.3) is 5.91 Å². The Bertz CT molecular complexity index is 681. The van der Waals surface area contributed by atoms with Crippen LogP contribution in [0.4, 0.5) is 0 Å². The Morgan fingerprint density at radius 1 is 1.21 bits per heavy atom.